The minimum absolute atomic E-state index is 0.0236. The lowest BCUT2D eigenvalue weighted by atomic mass is 10.2. The highest BCUT2D eigenvalue weighted by Crippen LogP contribution is 2.20. The molecule has 1 aliphatic heterocycles. The summed E-state index contributed by atoms with van der Waals surface area (Å²) in [4.78, 5) is 29.1. The molecule has 1 saturated heterocycles. The normalized spacial score (nSPS) is 14.7. The van der Waals surface area contributed by atoms with Gasteiger partial charge in [0.1, 0.15) is 5.69 Å². The van der Waals surface area contributed by atoms with Crippen LogP contribution in [0, 0.1) is 0 Å². The number of aromatic nitrogens is 1. The molecule has 1 aliphatic rings. The van der Waals surface area contributed by atoms with Gasteiger partial charge in [-0.25, -0.2) is 0 Å². The first-order valence-electron chi connectivity index (χ1n) is 8.83. The van der Waals surface area contributed by atoms with E-state index in [2.05, 4.69) is 0 Å². The lowest BCUT2D eigenvalue weighted by Crippen LogP contribution is -2.50. The lowest BCUT2D eigenvalue weighted by Gasteiger charge is -2.34. The highest BCUT2D eigenvalue weighted by atomic mass is 16.2. The van der Waals surface area contributed by atoms with E-state index in [4.69, 9.17) is 0 Å². The van der Waals surface area contributed by atoms with Crippen LogP contribution in [0.4, 0.5) is 0 Å². The molecule has 0 saturated carbocycles. The molecule has 132 valence electrons. The summed E-state index contributed by atoms with van der Waals surface area (Å²) in [5, 5.41) is 1.07. The van der Waals surface area contributed by atoms with Crippen molar-refractivity contribution in [3.63, 3.8) is 0 Å². The van der Waals surface area contributed by atoms with Gasteiger partial charge in [0.15, 0.2) is 0 Å². The van der Waals surface area contributed by atoms with E-state index in [-0.39, 0.29) is 11.8 Å². The molecule has 0 spiro atoms. The Kier molecular flexibility index (Phi) is 4.21. The first-order chi connectivity index (χ1) is 12.6. The molecule has 4 rings (SSSR count). The molecule has 0 N–H and O–H groups in total. The molecular formula is C21H21N3O2. The van der Waals surface area contributed by atoms with Gasteiger partial charge in [0.2, 0.25) is 0 Å². The minimum atomic E-state index is 0.0236. The Morgan fingerprint density at radius 2 is 1.35 bits per heavy atom. The summed E-state index contributed by atoms with van der Waals surface area (Å²) in [6, 6.07) is 19.2. The quantitative estimate of drug-likeness (QED) is 0.716. The van der Waals surface area contributed by atoms with Gasteiger partial charge in [-0.2, -0.15) is 0 Å². The van der Waals surface area contributed by atoms with Crippen molar-refractivity contribution in [1.82, 2.24) is 14.4 Å². The lowest BCUT2D eigenvalue weighted by molar-refractivity contribution is 0.0530. The van der Waals surface area contributed by atoms with Crippen molar-refractivity contribution in [3.05, 3.63) is 71.9 Å². The van der Waals surface area contributed by atoms with Crippen molar-refractivity contribution in [1.29, 1.82) is 0 Å². The number of nitrogens with zero attached hydrogens (tertiary/aromatic N) is 3. The number of carbonyl (C=O) groups is 2. The van der Waals surface area contributed by atoms with Crippen molar-refractivity contribution >= 4 is 22.7 Å². The number of aryl methyl sites for hydroxylation is 1. The fraction of sp³-hybridized carbons (Fsp3) is 0.238. The van der Waals surface area contributed by atoms with Crippen LogP contribution in [0.2, 0.25) is 0 Å². The maximum atomic E-state index is 12.9. The topological polar surface area (TPSA) is 45.6 Å². The molecule has 2 heterocycles. The molecule has 2 amide bonds. The second-order valence-electron chi connectivity index (χ2n) is 6.60. The van der Waals surface area contributed by atoms with Gasteiger partial charge in [-0.15, -0.1) is 0 Å². The van der Waals surface area contributed by atoms with E-state index in [0.29, 0.717) is 37.4 Å². The molecule has 0 bridgehead atoms. The van der Waals surface area contributed by atoms with Crippen LogP contribution in [-0.2, 0) is 7.05 Å². The third-order valence-corrected chi connectivity index (χ3v) is 5.05. The Morgan fingerprint density at radius 3 is 2.00 bits per heavy atom. The van der Waals surface area contributed by atoms with Crippen LogP contribution >= 0.6 is 0 Å². The van der Waals surface area contributed by atoms with Gasteiger partial charge in [-0.3, -0.25) is 9.59 Å². The van der Waals surface area contributed by atoms with E-state index >= 15 is 0 Å². The zero-order valence-electron chi connectivity index (χ0n) is 14.8. The van der Waals surface area contributed by atoms with Crippen LogP contribution in [-0.4, -0.2) is 52.4 Å². The molecule has 1 aromatic heterocycles. The van der Waals surface area contributed by atoms with Gasteiger partial charge in [0.05, 0.1) is 0 Å². The molecule has 1 fully saturated rings. The third-order valence-electron chi connectivity index (χ3n) is 5.05. The maximum Gasteiger partial charge on any atom is 0.270 e. The molecule has 5 heteroatoms. The molecule has 5 nitrogen and oxygen atoms in total. The molecule has 0 radical (unpaired) electrons. The van der Waals surface area contributed by atoms with Crippen molar-refractivity contribution < 1.29 is 9.59 Å². The number of fused-ring (bicyclic) bond motifs is 1. The van der Waals surface area contributed by atoms with Gasteiger partial charge in [0, 0.05) is 49.7 Å². The molecule has 26 heavy (non-hydrogen) atoms. The van der Waals surface area contributed by atoms with Crippen molar-refractivity contribution in [3.8, 4) is 0 Å². The predicted octanol–water partition coefficient (Wildman–Crippen LogP) is 2.78. The van der Waals surface area contributed by atoms with Gasteiger partial charge in [0.25, 0.3) is 11.8 Å². The van der Waals surface area contributed by atoms with Gasteiger partial charge >= 0.3 is 0 Å². The number of hydrogen-bond donors (Lipinski definition) is 0. The number of carbonyl (C=O) groups excluding carboxylic acids is 2. The summed E-state index contributed by atoms with van der Waals surface area (Å²) >= 11 is 0. The van der Waals surface area contributed by atoms with Crippen LogP contribution in [0.3, 0.4) is 0 Å². The average Bonchev–Trinajstić information content (AvgIpc) is 3.04. The Bertz CT molecular complexity index is 954. The highest BCUT2D eigenvalue weighted by Gasteiger charge is 2.27. The Morgan fingerprint density at radius 1 is 0.769 bits per heavy atom. The van der Waals surface area contributed by atoms with Gasteiger partial charge in [-0.1, -0.05) is 36.4 Å². The number of amides is 2. The van der Waals surface area contributed by atoms with Crippen molar-refractivity contribution in [2.24, 2.45) is 7.05 Å². The fourth-order valence-corrected chi connectivity index (χ4v) is 3.53. The molecule has 0 atom stereocenters. The van der Waals surface area contributed by atoms with Gasteiger partial charge < -0.3 is 14.4 Å². The molecule has 3 aromatic rings. The zero-order chi connectivity index (χ0) is 18.1. The molecular weight excluding hydrogens is 326 g/mol. The summed E-state index contributed by atoms with van der Waals surface area (Å²) in [6.45, 7) is 2.23. The number of benzene rings is 2. The first kappa shape index (κ1) is 16.4. The standard InChI is InChI=1S/C21H21N3O2/c1-22-18-10-6-5-9-17(18)15-19(22)21(26)24-13-11-23(12-14-24)20(25)16-7-3-2-4-8-16/h2-10,15H,11-14H2,1H3. The third kappa shape index (κ3) is 2.86. The Balaban J connectivity index is 1.46. The molecule has 2 aromatic carbocycles. The van der Waals surface area contributed by atoms with E-state index < -0.39 is 0 Å². The zero-order valence-corrected chi connectivity index (χ0v) is 14.8. The summed E-state index contributed by atoms with van der Waals surface area (Å²) in [5.74, 6) is 0.0535. The van der Waals surface area contributed by atoms with Crippen LogP contribution < -0.4 is 0 Å². The molecule has 0 unspecified atom stereocenters. The Labute approximate surface area is 152 Å². The second kappa shape index (κ2) is 6.67. The number of para-hydroxylation sites is 1. The second-order valence-corrected chi connectivity index (χ2v) is 6.60. The van der Waals surface area contributed by atoms with E-state index in [9.17, 15) is 9.59 Å². The average molecular weight is 347 g/mol. The molecule has 0 aliphatic carbocycles. The van der Waals surface area contributed by atoms with Crippen LogP contribution in [0.5, 0.6) is 0 Å². The van der Waals surface area contributed by atoms with Crippen LogP contribution in [0.25, 0.3) is 10.9 Å². The minimum Gasteiger partial charge on any atom is -0.340 e. The van der Waals surface area contributed by atoms with E-state index in [0.717, 1.165) is 10.9 Å². The monoisotopic (exact) mass is 347 g/mol. The number of hydrogen-bond acceptors (Lipinski definition) is 2. The van der Waals surface area contributed by atoms with Crippen LogP contribution in [0.1, 0.15) is 20.8 Å². The van der Waals surface area contributed by atoms with E-state index in [1.54, 1.807) is 0 Å². The Hall–Kier alpha value is -3.08. The summed E-state index contributed by atoms with van der Waals surface area (Å²) < 4.78 is 1.94. The maximum absolute atomic E-state index is 12.9. The van der Waals surface area contributed by atoms with Gasteiger partial charge in [-0.05, 0) is 24.3 Å². The largest absolute Gasteiger partial charge is 0.340 e. The van der Waals surface area contributed by atoms with E-state index in [1.807, 2.05) is 82.1 Å². The van der Waals surface area contributed by atoms with Crippen LogP contribution in [0.15, 0.2) is 60.7 Å². The highest BCUT2D eigenvalue weighted by molar-refractivity contribution is 5.99. The summed E-state index contributed by atoms with van der Waals surface area (Å²) in [7, 11) is 1.92. The smallest absolute Gasteiger partial charge is 0.270 e. The first-order valence-corrected chi connectivity index (χ1v) is 8.83. The van der Waals surface area contributed by atoms with E-state index in [1.165, 1.54) is 0 Å². The predicted molar refractivity (Wildman–Crippen MR) is 101 cm³/mol. The van der Waals surface area contributed by atoms with Crippen molar-refractivity contribution in [2.45, 2.75) is 0 Å². The SMILES string of the molecule is Cn1c(C(=O)N2CCN(C(=O)c3ccccc3)CC2)cc2ccccc21. The number of piperazine rings is 1. The number of rotatable bonds is 2. The fourth-order valence-electron chi connectivity index (χ4n) is 3.53. The summed E-state index contributed by atoms with van der Waals surface area (Å²) in [6.07, 6.45) is 0. The van der Waals surface area contributed by atoms with Crippen molar-refractivity contribution in [2.75, 3.05) is 26.2 Å². The summed E-state index contributed by atoms with van der Waals surface area (Å²) in [5.41, 5.74) is 2.43.